The van der Waals surface area contributed by atoms with Crippen LogP contribution in [0.2, 0.25) is 0 Å². The van der Waals surface area contributed by atoms with Crippen molar-refractivity contribution >= 4 is 23.5 Å². The number of pyridine rings is 1. The van der Waals surface area contributed by atoms with Gasteiger partial charge in [0.05, 0.1) is 18.9 Å². The highest BCUT2D eigenvalue weighted by Gasteiger charge is 2.18. The van der Waals surface area contributed by atoms with E-state index < -0.39 is 17.3 Å². The van der Waals surface area contributed by atoms with E-state index in [-0.39, 0.29) is 17.9 Å². The van der Waals surface area contributed by atoms with Crippen molar-refractivity contribution in [2.24, 2.45) is 0 Å². The van der Waals surface area contributed by atoms with E-state index in [1.807, 2.05) is 0 Å². The van der Waals surface area contributed by atoms with Gasteiger partial charge in [0.2, 0.25) is 0 Å². The number of nitrogens with one attached hydrogen (secondary N) is 1. The minimum atomic E-state index is -0.965. The lowest BCUT2D eigenvalue weighted by Gasteiger charge is -2.09. The first kappa shape index (κ1) is 13.2. The highest BCUT2D eigenvalue weighted by atomic mass is 35.5. The van der Waals surface area contributed by atoms with Crippen LogP contribution in [-0.4, -0.2) is 41.0 Å². The molecule has 2 N–H and O–H groups in total. The quantitative estimate of drug-likeness (QED) is 0.599. The van der Waals surface area contributed by atoms with E-state index in [4.69, 9.17) is 11.6 Å². The van der Waals surface area contributed by atoms with Gasteiger partial charge in [0.25, 0.3) is 5.91 Å². The Morgan fingerprint density at radius 3 is 2.94 bits per heavy atom. The fourth-order valence-electron chi connectivity index (χ4n) is 1.07. The van der Waals surface area contributed by atoms with Crippen LogP contribution in [-0.2, 0) is 9.53 Å². The van der Waals surface area contributed by atoms with Gasteiger partial charge >= 0.3 is 5.97 Å². The van der Waals surface area contributed by atoms with Crippen LogP contribution in [0, 0.1) is 0 Å². The molecule has 7 heteroatoms. The van der Waals surface area contributed by atoms with E-state index in [1.54, 1.807) is 0 Å². The number of ether oxygens (including phenoxy) is 1. The Labute approximate surface area is 103 Å². The van der Waals surface area contributed by atoms with Crippen molar-refractivity contribution in [3.05, 3.63) is 24.0 Å². The van der Waals surface area contributed by atoms with Gasteiger partial charge < -0.3 is 15.2 Å². The lowest BCUT2D eigenvalue weighted by atomic mass is 10.2. The molecule has 1 rings (SSSR count). The summed E-state index contributed by atoms with van der Waals surface area (Å²) in [4.78, 5) is 26.2. The van der Waals surface area contributed by atoms with E-state index in [2.05, 4.69) is 15.0 Å². The number of carbonyl (C=O) groups excluding carboxylic acids is 2. The Morgan fingerprint density at radius 2 is 2.35 bits per heavy atom. The maximum Gasteiger partial charge on any atom is 0.325 e. The van der Waals surface area contributed by atoms with Gasteiger partial charge in [-0.15, -0.1) is 11.6 Å². The highest BCUT2D eigenvalue weighted by molar-refractivity contribution is 6.30. The summed E-state index contributed by atoms with van der Waals surface area (Å²) in [5, 5.41) is 10.8. The first-order valence-corrected chi connectivity index (χ1v) is 5.13. The molecule has 0 aliphatic rings. The standard InChI is InChI=1S/C10H11ClN2O4/c1-17-10(16)7(11)4-13-9(15)6-2-3-12-5-8(6)14/h2-3,5,7,14H,4H2,1H3,(H,13,15). The Hall–Kier alpha value is -1.82. The molecule has 0 radical (unpaired) electrons. The summed E-state index contributed by atoms with van der Waals surface area (Å²) in [6, 6.07) is 1.35. The van der Waals surface area contributed by atoms with Crippen LogP contribution in [0.1, 0.15) is 10.4 Å². The molecule has 0 aromatic carbocycles. The molecule has 1 amide bonds. The number of nitrogens with zero attached hydrogens (tertiary/aromatic N) is 1. The number of aromatic hydroxyl groups is 1. The van der Waals surface area contributed by atoms with Gasteiger partial charge in [-0.1, -0.05) is 0 Å². The topological polar surface area (TPSA) is 88.5 Å². The minimum absolute atomic E-state index is 0.0636. The first-order chi connectivity index (χ1) is 8.06. The number of halogens is 1. The van der Waals surface area contributed by atoms with Crippen molar-refractivity contribution in [3.63, 3.8) is 0 Å². The van der Waals surface area contributed by atoms with Gasteiger partial charge in [-0.25, -0.2) is 0 Å². The molecule has 17 heavy (non-hydrogen) atoms. The third-order valence-corrected chi connectivity index (χ3v) is 2.28. The number of hydrogen-bond donors (Lipinski definition) is 2. The summed E-state index contributed by atoms with van der Waals surface area (Å²) < 4.78 is 4.39. The SMILES string of the molecule is COC(=O)C(Cl)CNC(=O)c1ccncc1O. The van der Waals surface area contributed by atoms with Crippen molar-refractivity contribution < 1.29 is 19.4 Å². The van der Waals surface area contributed by atoms with E-state index in [9.17, 15) is 14.7 Å². The van der Waals surface area contributed by atoms with Gasteiger partial charge in [0, 0.05) is 12.7 Å². The molecule has 1 atom stereocenters. The summed E-state index contributed by atoms with van der Waals surface area (Å²) in [5.41, 5.74) is 0.0636. The van der Waals surface area contributed by atoms with Crippen molar-refractivity contribution in [2.75, 3.05) is 13.7 Å². The molecule has 1 unspecified atom stereocenters. The number of hydrogen-bond acceptors (Lipinski definition) is 5. The van der Waals surface area contributed by atoms with Crippen LogP contribution in [0.4, 0.5) is 0 Å². The molecular weight excluding hydrogens is 248 g/mol. The van der Waals surface area contributed by atoms with Crippen molar-refractivity contribution in [3.8, 4) is 5.75 Å². The monoisotopic (exact) mass is 258 g/mol. The number of aromatic nitrogens is 1. The Kier molecular flexibility index (Phi) is 4.71. The van der Waals surface area contributed by atoms with E-state index in [0.717, 1.165) is 6.20 Å². The Bertz CT molecular complexity index is 425. The molecule has 1 aromatic rings. The van der Waals surface area contributed by atoms with Gasteiger partial charge in [-0.3, -0.25) is 14.6 Å². The van der Waals surface area contributed by atoms with Crippen LogP contribution < -0.4 is 5.32 Å². The zero-order chi connectivity index (χ0) is 12.8. The number of methoxy groups -OCH3 is 1. The summed E-state index contributed by atoms with van der Waals surface area (Å²) >= 11 is 5.64. The van der Waals surface area contributed by atoms with Gasteiger partial charge in [-0.05, 0) is 6.07 Å². The average Bonchev–Trinajstić information content (AvgIpc) is 2.35. The second kappa shape index (κ2) is 6.05. The molecule has 6 nitrogen and oxygen atoms in total. The number of alkyl halides is 1. The summed E-state index contributed by atoms with van der Waals surface area (Å²) in [5.74, 6) is -1.42. The highest BCUT2D eigenvalue weighted by Crippen LogP contribution is 2.13. The van der Waals surface area contributed by atoms with E-state index in [1.165, 1.54) is 19.4 Å². The molecule has 0 saturated heterocycles. The Morgan fingerprint density at radius 1 is 1.65 bits per heavy atom. The largest absolute Gasteiger partial charge is 0.505 e. The average molecular weight is 259 g/mol. The molecule has 92 valence electrons. The van der Waals surface area contributed by atoms with Crippen LogP contribution >= 0.6 is 11.6 Å². The summed E-state index contributed by atoms with van der Waals surface area (Å²) in [6.07, 6.45) is 2.51. The zero-order valence-electron chi connectivity index (χ0n) is 9.01. The number of esters is 1. The maximum atomic E-state index is 11.6. The number of amides is 1. The van der Waals surface area contributed by atoms with Crippen molar-refractivity contribution in [2.45, 2.75) is 5.38 Å². The smallest absolute Gasteiger partial charge is 0.325 e. The second-order valence-electron chi connectivity index (χ2n) is 3.09. The molecule has 0 aliphatic heterocycles. The molecular formula is C10H11ClN2O4. The molecule has 1 aromatic heterocycles. The normalized spacial score (nSPS) is 11.6. The summed E-state index contributed by atoms with van der Waals surface area (Å²) in [7, 11) is 1.20. The molecule has 1 heterocycles. The molecule has 0 aliphatic carbocycles. The lowest BCUT2D eigenvalue weighted by molar-refractivity contribution is -0.140. The summed E-state index contributed by atoms with van der Waals surface area (Å²) in [6.45, 7) is -0.0885. The van der Waals surface area contributed by atoms with Crippen molar-refractivity contribution in [1.82, 2.24) is 10.3 Å². The fourth-order valence-corrected chi connectivity index (χ4v) is 1.23. The number of rotatable bonds is 4. The molecule has 0 spiro atoms. The van der Waals surface area contributed by atoms with Gasteiger partial charge in [0.15, 0.2) is 0 Å². The third kappa shape index (κ3) is 3.60. The van der Waals surface area contributed by atoms with Gasteiger partial charge in [0.1, 0.15) is 11.1 Å². The van der Waals surface area contributed by atoms with Gasteiger partial charge in [-0.2, -0.15) is 0 Å². The van der Waals surface area contributed by atoms with Crippen LogP contribution in [0.25, 0.3) is 0 Å². The Balaban J connectivity index is 2.57. The fraction of sp³-hybridized carbons (Fsp3) is 0.300. The first-order valence-electron chi connectivity index (χ1n) is 4.69. The maximum absolute atomic E-state index is 11.6. The van der Waals surface area contributed by atoms with Crippen LogP contribution in [0.5, 0.6) is 5.75 Å². The third-order valence-electron chi connectivity index (χ3n) is 1.94. The zero-order valence-corrected chi connectivity index (χ0v) is 9.77. The predicted octanol–water partition coefficient (Wildman–Crippen LogP) is 0.297. The van der Waals surface area contributed by atoms with E-state index in [0.29, 0.717) is 0 Å². The molecule has 0 saturated carbocycles. The predicted molar refractivity (Wildman–Crippen MR) is 59.9 cm³/mol. The van der Waals surface area contributed by atoms with Crippen LogP contribution in [0.3, 0.4) is 0 Å². The van der Waals surface area contributed by atoms with Crippen molar-refractivity contribution in [1.29, 1.82) is 0 Å². The molecule has 0 fully saturated rings. The van der Waals surface area contributed by atoms with E-state index >= 15 is 0 Å². The van der Waals surface area contributed by atoms with Crippen LogP contribution in [0.15, 0.2) is 18.5 Å². The number of carbonyl (C=O) groups is 2. The minimum Gasteiger partial charge on any atom is -0.505 e. The molecule has 0 bridgehead atoms. The lowest BCUT2D eigenvalue weighted by Crippen LogP contribution is -2.34. The second-order valence-corrected chi connectivity index (χ2v) is 3.62.